The van der Waals surface area contributed by atoms with E-state index in [-0.39, 0.29) is 11.7 Å². The predicted octanol–water partition coefficient (Wildman–Crippen LogP) is 1.89. The number of aryl methyl sites for hydroxylation is 1. The van der Waals surface area contributed by atoms with E-state index in [1.807, 2.05) is 0 Å². The molecular formula is C15H15FN2O2. The van der Waals surface area contributed by atoms with Gasteiger partial charge in [-0.25, -0.2) is 4.39 Å². The Morgan fingerprint density at radius 2 is 2.25 bits per heavy atom. The summed E-state index contributed by atoms with van der Waals surface area (Å²) in [6.45, 7) is 2.66. The Bertz CT molecular complexity index is 687. The lowest BCUT2D eigenvalue weighted by atomic mass is 10.1. The van der Waals surface area contributed by atoms with E-state index in [4.69, 9.17) is 0 Å². The molecule has 0 saturated carbocycles. The minimum atomic E-state index is -0.443. The van der Waals surface area contributed by atoms with Gasteiger partial charge in [-0.3, -0.25) is 9.78 Å². The number of nitrogens with zero attached hydrogens (tertiary/aromatic N) is 2. The third-order valence-electron chi connectivity index (χ3n) is 3.65. The molecule has 20 heavy (non-hydrogen) atoms. The molecule has 1 aliphatic rings. The van der Waals surface area contributed by atoms with Crippen LogP contribution in [-0.2, 0) is 0 Å². The highest BCUT2D eigenvalue weighted by Gasteiger charge is 2.26. The van der Waals surface area contributed by atoms with Crippen molar-refractivity contribution in [3.63, 3.8) is 0 Å². The number of aromatic nitrogens is 1. The minimum Gasteiger partial charge on any atom is -0.391 e. The van der Waals surface area contributed by atoms with Crippen LogP contribution in [0.25, 0.3) is 10.9 Å². The van der Waals surface area contributed by atoms with Gasteiger partial charge < -0.3 is 10.0 Å². The Morgan fingerprint density at radius 3 is 2.95 bits per heavy atom. The van der Waals surface area contributed by atoms with Crippen molar-refractivity contribution in [3.8, 4) is 0 Å². The number of hydrogen-bond acceptors (Lipinski definition) is 3. The van der Waals surface area contributed by atoms with Crippen LogP contribution in [0.3, 0.4) is 0 Å². The molecule has 4 nitrogen and oxygen atoms in total. The molecule has 0 unspecified atom stereocenters. The van der Waals surface area contributed by atoms with Crippen LogP contribution < -0.4 is 0 Å². The number of pyridine rings is 1. The number of β-amino-alcohol motifs (C(OH)–C–C–N with tert-alkyl or cyclic N) is 1. The molecule has 0 bridgehead atoms. The zero-order valence-electron chi connectivity index (χ0n) is 11.1. The van der Waals surface area contributed by atoms with Crippen LogP contribution in [0.1, 0.15) is 22.5 Å². The van der Waals surface area contributed by atoms with Gasteiger partial charge in [0.1, 0.15) is 5.82 Å². The van der Waals surface area contributed by atoms with Crippen molar-refractivity contribution in [3.05, 3.63) is 41.3 Å². The SMILES string of the molecule is Cc1nc2cc(F)ccc2cc1C(=O)N1CC[C@@H](O)C1. The van der Waals surface area contributed by atoms with Crippen LogP contribution in [0.15, 0.2) is 24.3 Å². The number of hydrogen-bond donors (Lipinski definition) is 1. The first-order valence-electron chi connectivity index (χ1n) is 6.59. The molecule has 3 rings (SSSR count). The van der Waals surface area contributed by atoms with Crippen molar-refractivity contribution >= 4 is 16.8 Å². The van der Waals surface area contributed by atoms with Crippen LogP contribution in [0.4, 0.5) is 4.39 Å². The van der Waals surface area contributed by atoms with Crippen LogP contribution >= 0.6 is 0 Å². The number of fused-ring (bicyclic) bond motifs is 1. The molecule has 1 aromatic heterocycles. The molecule has 2 heterocycles. The molecule has 0 aliphatic carbocycles. The molecule has 104 valence electrons. The Morgan fingerprint density at radius 1 is 1.45 bits per heavy atom. The van der Waals surface area contributed by atoms with Crippen LogP contribution in [0, 0.1) is 12.7 Å². The van der Waals surface area contributed by atoms with Gasteiger partial charge in [0.2, 0.25) is 0 Å². The average molecular weight is 274 g/mol. The number of halogens is 1. The lowest BCUT2D eigenvalue weighted by molar-refractivity contribution is 0.0764. The maximum absolute atomic E-state index is 13.2. The number of likely N-dealkylation sites (tertiary alicyclic amines) is 1. The monoisotopic (exact) mass is 274 g/mol. The van der Waals surface area contributed by atoms with Gasteiger partial charge in [0.05, 0.1) is 22.9 Å². The summed E-state index contributed by atoms with van der Waals surface area (Å²) in [6, 6.07) is 6.07. The highest BCUT2D eigenvalue weighted by Crippen LogP contribution is 2.21. The Labute approximate surface area is 115 Å². The predicted molar refractivity (Wildman–Crippen MR) is 73.0 cm³/mol. The van der Waals surface area contributed by atoms with E-state index < -0.39 is 6.10 Å². The van der Waals surface area contributed by atoms with Gasteiger partial charge in [0, 0.05) is 24.5 Å². The second kappa shape index (κ2) is 4.83. The smallest absolute Gasteiger partial charge is 0.255 e. The topological polar surface area (TPSA) is 53.4 Å². The van der Waals surface area contributed by atoms with Gasteiger partial charge >= 0.3 is 0 Å². The van der Waals surface area contributed by atoms with E-state index in [1.54, 1.807) is 24.0 Å². The summed E-state index contributed by atoms with van der Waals surface area (Å²) in [7, 11) is 0. The zero-order valence-corrected chi connectivity index (χ0v) is 11.1. The number of amides is 1. The minimum absolute atomic E-state index is 0.127. The second-order valence-corrected chi connectivity index (χ2v) is 5.15. The van der Waals surface area contributed by atoms with Crippen molar-refractivity contribution in [2.75, 3.05) is 13.1 Å². The number of carbonyl (C=O) groups is 1. The standard InChI is InChI=1S/C15H15FN2O2/c1-9-13(15(20)18-5-4-12(19)8-18)6-10-2-3-11(16)7-14(10)17-9/h2-3,6-7,12,19H,4-5,8H2,1H3/t12-/m1/s1. The summed E-state index contributed by atoms with van der Waals surface area (Å²) >= 11 is 0. The summed E-state index contributed by atoms with van der Waals surface area (Å²) in [5.74, 6) is -0.469. The van der Waals surface area contributed by atoms with E-state index in [0.717, 1.165) is 5.39 Å². The lowest BCUT2D eigenvalue weighted by Crippen LogP contribution is -2.30. The van der Waals surface area contributed by atoms with Crippen molar-refractivity contribution < 1.29 is 14.3 Å². The van der Waals surface area contributed by atoms with Crippen molar-refractivity contribution in [1.29, 1.82) is 0 Å². The van der Waals surface area contributed by atoms with E-state index in [1.165, 1.54) is 12.1 Å². The number of rotatable bonds is 1. The fraction of sp³-hybridized carbons (Fsp3) is 0.333. The molecular weight excluding hydrogens is 259 g/mol. The molecule has 5 heteroatoms. The maximum atomic E-state index is 13.2. The molecule has 1 fully saturated rings. The Kier molecular flexibility index (Phi) is 3.14. The molecule has 1 amide bonds. The van der Waals surface area contributed by atoms with Crippen LogP contribution in [-0.4, -0.2) is 40.1 Å². The zero-order chi connectivity index (χ0) is 14.3. The number of carbonyl (C=O) groups excluding carboxylic acids is 1. The van der Waals surface area contributed by atoms with E-state index in [9.17, 15) is 14.3 Å². The average Bonchev–Trinajstić information content (AvgIpc) is 2.84. The first-order valence-corrected chi connectivity index (χ1v) is 6.59. The van der Waals surface area contributed by atoms with Gasteiger partial charge in [-0.2, -0.15) is 0 Å². The van der Waals surface area contributed by atoms with Crippen LogP contribution in [0.2, 0.25) is 0 Å². The fourth-order valence-electron chi connectivity index (χ4n) is 2.55. The second-order valence-electron chi connectivity index (χ2n) is 5.15. The third-order valence-corrected chi connectivity index (χ3v) is 3.65. The largest absolute Gasteiger partial charge is 0.391 e. The summed E-state index contributed by atoms with van der Waals surface area (Å²) in [6.07, 6.45) is 0.165. The normalized spacial score (nSPS) is 18.8. The summed E-state index contributed by atoms with van der Waals surface area (Å²) in [4.78, 5) is 18.4. The molecule has 1 atom stereocenters. The molecule has 0 spiro atoms. The van der Waals surface area contributed by atoms with E-state index >= 15 is 0 Å². The third kappa shape index (κ3) is 2.25. The molecule has 1 saturated heterocycles. The van der Waals surface area contributed by atoms with Crippen molar-refractivity contribution in [2.24, 2.45) is 0 Å². The summed E-state index contributed by atoms with van der Waals surface area (Å²) < 4.78 is 13.2. The maximum Gasteiger partial charge on any atom is 0.255 e. The van der Waals surface area contributed by atoms with Gasteiger partial charge in [-0.05, 0) is 31.5 Å². The highest BCUT2D eigenvalue weighted by atomic mass is 19.1. The fourth-order valence-corrected chi connectivity index (χ4v) is 2.55. The molecule has 1 aliphatic heterocycles. The quantitative estimate of drug-likeness (QED) is 0.864. The Hall–Kier alpha value is -2.01. The van der Waals surface area contributed by atoms with Crippen molar-refractivity contribution in [1.82, 2.24) is 9.88 Å². The van der Waals surface area contributed by atoms with Gasteiger partial charge in [-0.1, -0.05) is 0 Å². The van der Waals surface area contributed by atoms with Crippen LogP contribution in [0.5, 0.6) is 0 Å². The van der Waals surface area contributed by atoms with Crippen molar-refractivity contribution in [2.45, 2.75) is 19.4 Å². The Balaban J connectivity index is 2.01. The van der Waals surface area contributed by atoms with E-state index in [0.29, 0.717) is 36.3 Å². The first-order chi connectivity index (χ1) is 9.54. The van der Waals surface area contributed by atoms with Gasteiger partial charge in [0.25, 0.3) is 5.91 Å². The highest BCUT2D eigenvalue weighted by molar-refractivity contribution is 5.98. The molecule has 0 radical (unpaired) electrons. The first kappa shape index (κ1) is 13.0. The number of benzene rings is 1. The summed E-state index contributed by atoms with van der Waals surface area (Å²) in [5.41, 5.74) is 1.63. The van der Waals surface area contributed by atoms with Gasteiger partial charge in [-0.15, -0.1) is 0 Å². The lowest BCUT2D eigenvalue weighted by Gasteiger charge is -2.17. The molecule has 2 aromatic rings. The molecule has 1 aromatic carbocycles. The molecule has 1 N–H and O–H groups in total. The van der Waals surface area contributed by atoms with Gasteiger partial charge in [0.15, 0.2) is 0 Å². The number of aliphatic hydroxyl groups is 1. The number of aliphatic hydroxyl groups excluding tert-OH is 1. The summed E-state index contributed by atoms with van der Waals surface area (Å²) in [5, 5.41) is 10.3. The van der Waals surface area contributed by atoms with E-state index in [2.05, 4.69) is 4.98 Å².